The van der Waals surface area contributed by atoms with Crippen LogP contribution >= 0.6 is 34.3 Å². The molecule has 3 heterocycles. The molecule has 0 aromatic carbocycles. The molecular formula is C19H20ClN3OS2. The Hall–Kier alpha value is -1.47. The van der Waals surface area contributed by atoms with E-state index < -0.39 is 0 Å². The van der Waals surface area contributed by atoms with Crippen LogP contribution in [0.5, 0.6) is 0 Å². The van der Waals surface area contributed by atoms with Gasteiger partial charge in [0.15, 0.2) is 0 Å². The maximum absolute atomic E-state index is 6.04. The van der Waals surface area contributed by atoms with Crippen molar-refractivity contribution >= 4 is 34.3 Å². The van der Waals surface area contributed by atoms with E-state index in [1.54, 1.807) is 22.7 Å². The second kappa shape index (κ2) is 8.05. The topological polar surface area (TPSA) is 42.2 Å². The van der Waals surface area contributed by atoms with Crippen molar-refractivity contribution in [2.75, 3.05) is 6.54 Å². The summed E-state index contributed by atoms with van der Waals surface area (Å²) >= 11 is 9.43. The van der Waals surface area contributed by atoms with Gasteiger partial charge in [0.25, 0.3) is 5.89 Å². The molecule has 0 spiro atoms. The first-order valence-corrected chi connectivity index (χ1v) is 10.7. The van der Waals surface area contributed by atoms with E-state index in [4.69, 9.17) is 16.0 Å². The molecule has 0 unspecified atom stereocenters. The molecular weight excluding hydrogens is 386 g/mol. The number of rotatable bonds is 7. The van der Waals surface area contributed by atoms with E-state index in [-0.39, 0.29) is 0 Å². The number of fused-ring (bicyclic) bond motifs is 1. The summed E-state index contributed by atoms with van der Waals surface area (Å²) in [6.45, 7) is 5.98. The van der Waals surface area contributed by atoms with Gasteiger partial charge < -0.3 is 4.42 Å². The Balaban J connectivity index is 1.47. The minimum Gasteiger partial charge on any atom is -0.419 e. The van der Waals surface area contributed by atoms with Crippen molar-refractivity contribution in [2.45, 2.75) is 38.8 Å². The molecule has 4 rings (SSSR count). The highest BCUT2D eigenvalue weighted by Gasteiger charge is 2.18. The molecule has 0 aliphatic heterocycles. The van der Waals surface area contributed by atoms with E-state index >= 15 is 0 Å². The summed E-state index contributed by atoms with van der Waals surface area (Å²) < 4.78 is 6.76. The summed E-state index contributed by atoms with van der Waals surface area (Å²) in [4.78, 5) is 6.00. The second-order valence-corrected chi connectivity index (χ2v) is 9.37. The summed E-state index contributed by atoms with van der Waals surface area (Å²) in [5, 5.41) is 8.54. The van der Waals surface area contributed by atoms with Crippen LogP contribution in [0.15, 0.2) is 35.3 Å². The van der Waals surface area contributed by atoms with E-state index in [1.807, 2.05) is 12.1 Å². The standard InChI is InChI=1S/C19H20ClN3OS2/c1-2-9-23(11-14-7-8-17(20)25-14)12-18-21-22-19(24-18)16-10-13-5-3-4-6-15(13)26-16/h2,7-8,10H,1,3-6,9,11-12H2. The van der Waals surface area contributed by atoms with E-state index in [9.17, 15) is 0 Å². The number of aryl methyl sites for hydroxylation is 2. The first kappa shape index (κ1) is 17.9. The zero-order chi connectivity index (χ0) is 17.9. The van der Waals surface area contributed by atoms with Crippen molar-refractivity contribution in [3.05, 3.63) is 56.4 Å². The molecule has 4 nitrogen and oxygen atoms in total. The highest BCUT2D eigenvalue weighted by molar-refractivity contribution is 7.16. The van der Waals surface area contributed by atoms with Crippen molar-refractivity contribution in [3.8, 4) is 10.8 Å². The van der Waals surface area contributed by atoms with Gasteiger partial charge in [-0.2, -0.15) is 0 Å². The highest BCUT2D eigenvalue weighted by atomic mass is 35.5. The third kappa shape index (κ3) is 4.09. The average Bonchev–Trinajstić information content (AvgIpc) is 3.34. The fourth-order valence-corrected chi connectivity index (χ4v) is 5.53. The van der Waals surface area contributed by atoms with E-state index in [2.05, 4.69) is 33.8 Å². The predicted molar refractivity (Wildman–Crippen MR) is 108 cm³/mol. The Bertz CT molecular complexity index is 875. The Morgan fingerprint density at radius 1 is 1.19 bits per heavy atom. The largest absolute Gasteiger partial charge is 0.419 e. The smallest absolute Gasteiger partial charge is 0.257 e. The molecule has 0 saturated heterocycles. The second-order valence-electron chi connectivity index (χ2n) is 6.43. The zero-order valence-electron chi connectivity index (χ0n) is 14.4. The quantitative estimate of drug-likeness (QED) is 0.481. The Labute approximate surface area is 166 Å². The van der Waals surface area contributed by atoms with Gasteiger partial charge in [-0.25, -0.2) is 0 Å². The van der Waals surface area contributed by atoms with Gasteiger partial charge in [-0.15, -0.1) is 39.4 Å². The number of halogens is 1. The van der Waals surface area contributed by atoms with Crippen LogP contribution < -0.4 is 0 Å². The molecule has 0 atom stereocenters. The molecule has 1 aliphatic carbocycles. The number of hydrogen-bond acceptors (Lipinski definition) is 6. The van der Waals surface area contributed by atoms with Gasteiger partial charge in [0.1, 0.15) is 0 Å². The van der Waals surface area contributed by atoms with Crippen LogP contribution in [0.25, 0.3) is 10.8 Å². The summed E-state index contributed by atoms with van der Waals surface area (Å²) in [5.41, 5.74) is 1.46. The average molecular weight is 406 g/mol. The van der Waals surface area contributed by atoms with Crippen LogP contribution in [0.4, 0.5) is 0 Å². The molecule has 0 radical (unpaired) electrons. The molecule has 0 N–H and O–H groups in total. The minimum atomic E-state index is 0.597. The molecule has 7 heteroatoms. The first-order chi connectivity index (χ1) is 12.7. The van der Waals surface area contributed by atoms with Crippen molar-refractivity contribution in [3.63, 3.8) is 0 Å². The van der Waals surface area contributed by atoms with Crippen LogP contribution in [0.1, 0.15) is 34.1 Å². The number of thiophene rings is 2. The number of aromatic nitrogens is 2. The highest BCUT2D eigenvalue weighted by Crippen LogP contribution is 2.35. The Kier molecular flexibility index (Phi) is 5.55. The van der Waals surface area contributed by atoms with Crippen molar-refractivity contribution in [1.82, 2.24) is 15.1 Å². The lowest BCUT2D eigenvalue weighted by Gasteiger charge is -2.17. The minimum absolute atomic E-state index is 0.597. The predicted octanol–water partition coefficient (Wildman–Crippen LogP) is 5.58. The Morgan fingerprint density at radius 2 is 2.08 bits per heavy atom. The first-order valence-electron chi connectivity index (χ1n) is 8.73. The molecule has 0 bridgehead atoms. The van der Waals surface area contributed by atoms with Crippen LogP contribution in [-0.2, 0) is 25.9 Å². The molecule has 3 aromatic heterocycles. The summed E-state index contributed by atoms with van der Waals surface area (Å²) in [5.74, 6) is 1.27. The van der Waals surface area contributed by atoms with Gasteiger partial charge in [-0.3, -0.25) is 4.90 Å². The van der Waals surface area contributed by atoms with Gasteiger partial charge in [0.2, 0.25) is 5.89 Å². The number of nitrogens with zero attached hydrogens (tertiary/aromatic N) is 3. The van der Waals surface area contributed by atoms with E-state index in [0.717, 1.165) is 22.3 Å². The summed E-state index contributed by atoms with van der Waals surface area (Å²) in [7, 11) is 0. The van der Waals surface area contributed by atoms with E-state index in [0.29, 0.717) is 18.3 Å². The monoisotopic (exact) mass is 405 g/mol. The van der Waals surface area contributed by atoms with Crippen molar-refractivity contribution in [1.29, 1.82) is 0 Å². The molecule has 26 heavy (non-hydrogen) atoms. The van der Waals surface area contributed by atoms with Crippen LogP contribution in [-0.4, -0.2) is 21.6 Å². The summed E-state index contributed by atoms with van der Waals surface area (Å²) in [6.07, 6.45) is 6.80. The van der Waals surface area contributed by atoms with Crippen LogP contribution in [0.3, 0.4) is 0 Å². The fraction of sp³-hybridized carbons (Fsp3) is 0.368. The van der Waals surface area contributed by atoms with Gasteiger partial charge in [-0.05, 0) is 49.4 Å². The number of hydrogen-bond donors (Lipinski definition) is 0. The molecule has 3 aromatic rings. The van der Waals surface area contributed by atoms with Crippen LogP contribution in [0, 0.1) is 0 Å². The third-order valence-corrected chi connectivity index (χ3v) is 6.87. The maximum atomic E-state index is 6.04. The lowest BCUT2D eigenvalue weighted by Crippen LogP contribution is -2.22. The van der Waals surface area contributed by atoms with Crippen LogP contribution in [0.2, 0.25) is 4.34 Å². The molecule has 1 aliphatic rings. The lowest BCUT2D eigenvalue weighted by molar-refractivity contribution is 0.258. The maximum Gasteiger partial charge on any atom is 0.257 e. The van der Waals surface area contributed by atoms with Gasteiger partial charge >= 0.3 is 0 Å². The Morgan fingerprint density at radius 3 is 2.85 bits per heavy atom. The van der Waals surface area contributed by atoms with Crippen molar-refractivity contribution in [2.24, 2.45) is 0 Å². The fourth-order valence-electron chi connectivity index (χ4n) is 3.23. The van der Waals surface area contributed by atoms with Crippen molar-refractivity contribution < 1.29 is 4.42 Å². The van der Waals surface area contributed by atoms with Gasteiger partial charge in [0, 0.05) is 22.8 Å². The summed E-state index contributed by atoms with van der Waals surface area (Å²) in [6, 6.07) is 6.21. The van der Waals surface area contributed by atoms with Gasteiger partial charge in [0.05, 0.1) is 15.8 Å². The zero-order valence-corrected chi connectivity index (χ0v) is 16.8. The molecule has 0 saturated carbocycles. The normalized spacial score (nSPS) is 13.9. The SMILES string of the molecule is C=CCN(Cc1nnc(-c2cc3c(s2)CCCC3)o1)Cc1ccc(Cl)s1. The van der Waals surface area contributed by atoms with E-state index in [1.165, 1.54) is 41.0 Å². The molecule has 0 fully saturated rings. The lowest BCUT2D eigenvalue weighted by atomic mass is 9.99. The third-order valence-electron chi connectivity index (χ3n) is 4.43. The molecule has 0 amide bonds. The van der Waals surface area contributed by atoms with Gasteiger partial charge in [-0.1, -0.05) is 17.7 Å². The molecule has 136 valence electrons.